The van der Waals surface area contributed by atoms with Gasteiger partial charge in [0.25, 0.3) is 0 Å². The molecular weight excluding hydrogens is 420 g/mol. The van der Waals surface area contributed by atoms with Crippen LogP contribution in [0.2, 0.25) is 0 Å². The third-order valence-electron chi connectivity index (χ3n) is 2.39. The number of hydrogen-bond acceptors (Lipinski definition) is 4. The summed E-state index contributed by atoms with van der Waals surface area (Å²) in [5.41, 5.74) is -0.123. The van der Waals surface area contributed by atoms with Gasteiger partial charge >= 0.3 is 11.9 Å². The number of nitrogens with one attached hydrogen (secondary N) is 2. The van der Waals surface area contributed by atoms with Crippen LogP contribution in [0.15, 0.2) is 17.4 Å². The fourth-order valence-electron chi connectivity index (χ4n) is 1.40. The molecule has 12 heteroatoms. The van der Waals surface area contributed by atoms with Gasteiger partial charge in [-0.05, 0) is 0 Å². The molecule has 0 radical (unpaired) electrons. The Kier molecular flexibility index (Phi) is 8.74. The first-order valence-electron chi connectivity index (χ1n) is 6.00. The zero-order valence-electron chi connectivity index (χ0n) is 11.6. The highest BCUT2D eigenvalue weighted by atomic mass is 127. The van der Waals surface area contributed by atoms with Gasteiger partial charge in [-0.2, -0.15) is 18.3 Å². The number of aromatic nitrogens is 2. The number of nitrogens with zero attached hydrogens (tertiary/aromatic N) is 4. The van der Waals surface area contributed by atoms with Gasteiger partial charge in [-0.1, -0.05) is 0 Å². The van der Waals surface area contributed by atoms with Crippen LogP contribution < -0.4 is 10.6 Å². The van der Waals surface area contributed by atoms with Crippen LogP contribution in [0.5, 0.6) is 0 Å². The standard InChI is InChI=1S/C10H15F3N6O2.HI/c1-14-9(15-3-2-10(11,12)13)16-4-5-18-7-8(6-17-18)19(20)21;/h6-7H,2-5H2,1H3,(H2,14,15,16);1H. The fraction of sp³-hybridized carbons (Fsp3) is 0.600. The normalized spacial score (nSPS) is 11.7. The predicted molar refractivity (Wildman–Crippen MR) is 84.3 cm³/mol. The van der Waals surface area contributed by atoms with Crippen LogP contribution in [-0.2, 0) is 6.54 Å². The van der Waals surface area contributed by atoms with E-state index in [1.165, 1.54) is 17.9 Å². The highest BCUT2D eigenvalue weighted by Gasteiger charge is 2.26. The lowest BCUT2D eigenvalue weighted by Crippen LogP contribution is -2.40. The van der Waals surface area contributed by atoms with Gasteiger partial charge in [-0.3, -0.25) is 19.8 Å². The maximum absolute atomic E-state index is 12.0. The molecule has 8 nitrogen and oxygen atoms in total. The summed E-state index contributed by atoms with van der Waals surface area (Å²) in [4.78, 5) is 13.7. The molecule has 0 fully saturated rings. The largest absolute Gasteiger partial charge is 0.390 e. The van der Waals surface area contributed by atoms with E-state index in [1.807, 2.05) is 0 Å². The van der Waals surface area contributed by atoms with Crippen molar-refractivity contribution in [1.29, 1.82) is 0 Å². The summed E-state index contributed by atoms with van der Waals surface area (Å²) in [6.07, 6.45) is -2.79. The number of aliphatic imine (C=N–C) groups is 1. The predicted octanol–water partition coefficient (Wildman–Crippen LogP) is 1.53. The van der Waals surface area contributed by atoms with Crippen molar-refractivity contribution >= 4 is 35.6 Å². The van der Waals surface area contributed by atoms with Gasteiger partial charge < -0.3 is 10.6 Å². The third-order valence-corrected chi connectivity index (χ3v) is 2.39. The lowest BCUT2D eigenvalue weighted by atomic mass is 10.4. The van der Waals surface area contributed by atoms with E-state index in [1.54, 1.807) is 0 Å². The summed E-state index contributed by atoms with van der Waals surface area (Å²) in [5.74, 6) is 0.223. The summed E-state index contributed by atoms with van der Waals surface area (Å²) in [7, 11) is 1.43. The summed E-state index contributed by atoms with van der Waals surface area (Å²) in [6, 6.07) is 0. The van der Waals surface area contributed by atoms with Crippen LogP contribution in [0, 0.1) is 10.1 Å². The van der Waals surface area contributed by atoms with Crippen molar-refractivity contribution in [3.63, 3.8) is 0 Å². The summed E-state index contributed by atoms with van der Waals surface area (Å²) >= 11 is 0. The lowest BCUT2D eigenvalue weighted by Gasteiger charge is -2.12. The van der Waals surface area contributed by atoms with E-state index >= 15 is 0 Å². The van der Waals surface area contributed by atoms with Gasteiger partial charge in [-0.15, -0.1) is 24.0 Å². The van der Waals surface area contributed by atoms with E-state index in [9.17, 15) is 23.3 Å². The molecule has 1 aromatic heterocycles. The van der Waals surface area contributed by atoms with Gasteiger partial charge in [-0.25, -0.2) is 0 Å². The molecule has 0 spiro atoms. The Morgan fingerprint density at radius 2 is 2.09 bits per heavy atom. The summed E-state index contributed by atoms with van der Waals surface area (Å²) < 4.78 is 37.3. The van der Waals surface area contributed by atoms with E-state index in [2.05, 4.69) is 20.7 Å². The molecule has 1 aromatic rings. The maximum atomic E-state index is 12.0. The molecule has 1 heterocycles. The number of hydrogen-bond donors (Lipinski definition) is 2. The Morgan fingerprint density at radius 1 is 1.45 bits per heavy atom. The molecular formula is C10H16F3IN6O2. The van der Waals surface area contributed by atoms with Gasteiger partial charge in [0.1, 0.15) is 12.4 Å². The summed E-state index contributed by atoms with van der Waals surface area (Å²) in [6.45, 7) is 0.342. The van der Waals surface area contributed by atoms with Crippen LogP contribution in [0.4, 0.5) is 18.9 Å². The molecule has 1 rings (SSSR count). The van der Waals surface area contributed by atoms with Crippen LogP contribution >= 0.6 is 24.0 Å². The first kappa shape index (κ1) is 20.4. The first-order chi connectivity index (χ1) is 9.81. The molecule has 0 aliphatic heterocycles. The minimum atomic E-state index is -4.22. The molecule has 22 heavy (non-hydrogen) atoms. The lowest BCUT2D eigenvalue weighted by molar-refractivity contribution is -0.385. The molecule has 0 aliphatic rings. The smallest absolute Gasteiger partial charge is 0.356 e. The van der Waals surface area contributed by atoms with Crippen LogP contribution in [-0.4, -0.2) is 47.0 Å². The monoisotopic (exact) mass is 436 g/mol. The number of halogens is 4. The quantitative estimate of drug-likeness (QED) is 0.232. The van der Waals surface area contributed by atoms with Gasteiger partial charge in [0.15, 0.2) is 5.96 Å². The highest BCUT2D eigenvalue weighted by Crippen LogP contribution is 2.17. The molecule has 126 valence electrons. The van der Waals surface area contributed by atoms with E-state index < -0.39 is 17.5 Å². The third kappa shape index (κ3) is 7.99. The van der Waals surface area contributed by atoms with E-state index in [0.717, 1.165) is 6.20 Å². The zero-order chi connectivity index (χ0) is 15.9. The molecule has 2 N–H and O–H groups in total. The van der Waals surface area contributed by atoms with Crippen LogP contribution in [0.1, 0.15) is 6.42 Å². The van der Waals surface area contributed by atoms with Crippen molar-refractivity contribution in [2.45, 2.75) is 19.1 Å². The second-order valence-corrected chi connectivity index (χ2v) is 4.01. The number of rotatable bonds is 6. The van der Waals surface area contributed by atoms with Crippen molar-refractivity contribution in [2.75, 3.05) is 20.1 Å². The maximum Gasteiger partial charge on any atom is 0.390 e. The van der Waals surface area contributed by atoms with E-state index in [4.69, 9.17) is 0 Å². The number of alkyl halides is 3. The van der Waals surface area contributed by atoms with Crippen LogP contribution in [0.25, 0.3) is 0 Å². The Labute approximate surface area is 141 Å². The van der Waals surface area contributed by atoms with Gasteiger partial charge in [0, 0.05) is 20.1 Å². The highest BCUT2D eigenvalue weighted by molar-refractivity contribution is 14.0. The topological polar surface area (TPSA) is 97.4 Å². The Bertz CT molecular complexity index is 505. The number of nitro groups is 1. The van der Waals surface area contributed by atoms with Gasteiger partial charge in [0.2, 0.25) is 0 Å². The average molecular weight is 436 g/mol. The second-order valence-electron chi connectivity index (χ2n) is 4.01. The Hall–Kier alpha value is -1.60. The molecule has 0 amide bonds. The molecule has 0 saturated heterocycles. The Balaban J connectivity index is 0.00000441. The van der Waals surface area contributed by atoms with Crippen molar-refractivity contribution < 1.29 is 18.1 Å². The van der Waals surface area contributed by atoms with Crippen molar-refractivity contribution in [2.24, 2.45) is 4.99 Å². The van der Waals surface area contributed by atoms with Crippen molar-refractivity contribution in [3.8, 4) is 0 Å². The molecule has 0 saturated carbocycles. The SMILES string of the molecule is CN=C(NCCn1cc([N+](=O)[O-])cn1)NCCC(F)(F)F.I. The molecule has 0 aromatic carbocycles. The second kappa shape index (κ2) is 9.42. The fourth-order valence-corrected chi connectivity index (χ4v) is 1.40. The molecule has 0 bridgehead atoms. The van der Waals surface area contributed by atoms with Crippen molar-refractivity contribution in [1.82, 2.24) is 20.4 Å². The number of guanidine groups is 1. The zero-order valence-corrected chi connectivity index (χ0v) is 14.0. The van der Waals surface area contributed by atoms with E-state index in [0.29, 0.717) is 13.1 Å². The van der Waals surface area contributed by atoms with E-state index in [-0.39, 0.29) is 42.2 Å². The summed E-state index contributed by atoms with van der Waals surface area (Å²) in [5, 5.41) is 19.5. The molecule has 0 aliphatic carbocycles. The molecule has 0 atom stereocenters. The van der Waals surface area contributed by atoms with Crippen molar-refractivity contribution in [3.05, 3.63) is 22.5 Å². The van der Waals surface area contributed by atoms with Gasteiger partial charge in [0.05, 0.1) is 17.9 Å². The average Bonchev–Trinajstić information content (AvgIpc) is 2.84. The first-order valence-corrected chi connectivity index (χ1v) is 6.00. The minimum absolute atomic E-state index is 0. The van der Waals surface area contributed by atoms with Crippen LogP contribution in [0.3, 0.4) is 0 Å². The molecule has 0 unspecified atom stereocenters. The minimum Gasteiger partial charge on any atom is -0.356 e. The Morgan fingerprint density at radius 3 is 2.59 bits per heavy atom.